The van der Waals surface area contributed by atoms with Gasteiger partial charge in [-0.05, 0) is 52.9 Å². The topological polar surface area (TPSA) is 0 Å². The highest BCUT2D eigenvalue weighted by atomic mass is 19.2. The Morgan fingerprint density at radius 3 is 1.47 bits per heavy atom. The van der Waals surface area contributed by atoms with Crippen molar-refractivity contribution in [2.24, 2.45) is 0 Å². The van der Waals surface area contributed by atoms with E-state index in [9.17, 15) is 35.1 Å². The maximum atomic E-state index is 14.5. The maximum absolute atomic E-state index is 14.5. The Morgan fingerprint density at radius 1 is 0.529 bits per heavy atom. The smallest absolute Gasteiger partial charge is 0.198 e. The van der Waals surface area contributed by atoms with Crippen LogP contribution in [0.1, 0.15) is 16.7 Å². The van der Waals surface area contributed by atoms with E-state index >= 15 is 0 Å². The van der Waals surface area contributed by atoms with E-state index in [1.807, 2.05) is 0 Å². The highest BCUT2D eigenvalue weighted by Gasteiger charge is 2.23. The molecule has 0 bridgehead atoms. The zero-order valence-electron chi connectivity index (χ0n) is 17.3. The summed E-state index contributed by atoms with van der Waals surface area (Å²) in [4.78, 5) is 0. The summed E-state index contributed by atoms with van der Waals surface area (Å²) < 4.78 is 111. The highest BCUT2D eigenvalue weighted by molar-refractivity contribution is 5.76. The molecule has 0 aliphatic heterocycles. The van der Waals surface area contributed by atoms with E-state index in [0.717, 1.165) is 11.6 Å². The minimum Gasteiger partial charge on any atom is -0.204 e. The number of aryl methyl sites for hydroxylation is 1. The van der Waals surface area contributed by atoms with Gasteiger partial charge in [-0.1, -0.05) is 36.4 Å². The molecule has 4 rings (SSSR count). The van der Waals surface area contributed by atoms with Crippen molar-refractivity contribution in [1.82, 2.24) is 0 Å². The Bertz CT molecular complexity index is 1340. The van der Waals surface area contributed by atoms with E-state index < -0.39 is 57.7 Å². The molecule has 8 heteroatoms. The van der Waals surface area contributed by atoms with Crippen molar-refractivity contribution in [2.45, 2.75) is 6.92 Å². The van der Waals surface area contributed by atoms with E-state index in [1.54, 1.807) is 37.6 Å². The lowest BCUT2D eigenvalue weighted by Gasteiger charge is -2.14. The van der Waals surface area contributed by atoms with Gasteiger partial charge in [0.2, 0.25) is 0 Å². The molecule has 0 saturated heterocycles. The average Bonchev–Trinajstić information content (AvgIpc) is 2.82. The lowest BCUT2D eigenvalue weighted by molar-refractivity contribution is 0.410. The normalized spacial score (nSPS) is 11.2. The van der Waals surface area contributed by atoms with Crippen LogP contribution in [-0.4, -0.2) is 0 Å². The van der Waals surface area contributed by atoms with Crippen LogP contribution < -0.4 is 0 Å². The standard InChI is InChI=1S/C26H13F8/c1-12-4-2-3-5-14(12)6-13-7-15(17-10-19(27)23(31)25(33)21(17)29)9-16(8-13)18-11-20(28)24(32)26(34)22(18)30/h2-11H,1H3. The van der Waals surface area contributed by atoms with Crippen molar-refractivity contribution in [3.63, 3.8) is 0 Å². The van der Waals surface area contributed by atoms with Gasteiger partial charge in [0.1, 0.15) is 0 Å². The van der Waals surface area contributed by atoms with Gasteiger partial charge in [0.15, 0.2) is 46.5 Å². The first-order valence-electron chi connectivity index (χ1n) is 9.80. The van der Waals surface area contributed by atoms with Gasteiger partial charge in [-0.25, -0.2) is 35.1 Å². The second-order valence-corrected chi connectivity index (χ2v) is 7.54. The predicted molar refractivity (Wildman–Crippen MR) is 111 cm³/mol. The summed E-state index contributed by atoms with van der Waals surface area (Å²) in [5.41, 5.74) is -0.184. The number of rotatable bonds is 4. The maximum Gasteiger partial charge on any atom is 0.198 e. The van der Waals surface area contributed by atoms with Crippen LogP contribution in [0.5, 0.6) is 0 Å². The molecule has 0 aromatic heterocycles. The van der Waals surface area contributed by atoms with Crippen LogP contribution in [0.25, 0.3) is 22.3 Å². The molecular weight excluding hydrogens is 464 g/mol. The first-order chi connectivity index (χ1) is 16.1. The zero-order valence-corrected chi connectivity index (χ0v) is 17.3. The summed E-state index contributed by atoms with van der Waals surface area (Å²) in [6, 6.07) is 11.4. The third-order valence-electron chi connectivity index (χ3n) is 5.29. The Balaban J connectivity index is 1.98. The van der Waals surface area contributed by atoms with Gasteiger partial charge in [0, 0.05) is 17.5 Å². The molecule has 4 aromatic rings. The van der Waals surface area contributed by atoms with Gasteiger partial charge in [-0.15, -0.1) is 0 Å². The Labute approximate surface area is 189 Å². The van der Waals surface area contributed by atoms with Crippen LogP contribution in [0.4, 0.5) is 35.1 Å². The molecule has 34 heavy (non-hydrogen) atoms. The molecule has 0 heterocycles. The summed E-state index contributed by atoms with van der Waals surface area (Å²) in [6.45, 7) is 1.78. The van der Waals surface area contributed by atoms with E-state index in [1.165, 1.54) is 12.1 Å². The molecule has 0 saturated carbocycles. The summed E-state index contributed by atoms with van der Waals surface area (Å²) in [5.74, 6) is -14.9. The summed E-state index contributed by atoms with van der Waals surface area (Å²) in [7, 11) is 0. The largest absolute Gasteiger partial charge is 0.204 e. The second kappa shape index (κ2) is 8.93. The van der Waals surface area contributed by atoms with Crippen LogP contribution in [-0.2, 0) is 0 Å². The monoisotopic (exact) mass is 477 g/mol. The van der Waals surface area contributed by atoms with Gasteiger partial charge in [0.05, 0.1) is 0 Å². The molecule has 0 nitrogen and oxygen atoms in total. The molecule has 0 aliphatic carbocycles. The SMILES string of the molecule is Cc1ccccc1[CH]c1cc(-c2cc(F)c(F)c(F)c2F)cc(-c2cc(F)c(F)c(F)c2F)c1. The number of hydrogen-bond donors (Lipinski definition) is 0. The predicted octanol–water partition coefficient (Wildman–Crippen LogP) is 8.04. The quantitative estimate of drug-likeness (QED) is 0.159. The van der Waals surface area contributed by atoms with E-state index in [2.05, 4.69) is 0 Å². The van der Waals surface area contributed by atoms with Crippen LogP contribution >= 0.6 is 0 Å². The van der Waals surface area contributed by atoms with Gasteiger partial charge < -0.3 is 0 Å². The van der Waals surface area contributed by atoms with Crippen LogP contribution in [0.3, 0.4) is 0 Å². The molecule has 0 amide bonds. The van der Waals surface area contributed by atoms with E-state index in [0.29, 0.717) is 17.7 Å². The molecule has 4 aromatic carbocycles. The molecular formula is C26H13F8. The van der Waals surface area contributed by atoms with Crippen molar-refractivity contribution in [3.8, 4) is 22.3 Å². The third kappa shape index (κ3) is 4.16. The van der Waals surface area contributed by atoms with Gasteiger partial charge in [-0.2, -0.15) is 0 Å². The molecule has 0 N–H and O–H groups in total. The Kier molecular flexibility index (Phi) is 6.17. The molecule has 0 spiro atoms. The zero-order chi connectivity index (χ0) is 24.7. The first kappa shape index (κ1) is 23.5. The summed E-state index contributed by atoms with van der Waals surface area (Å²) >= 11 is 0. The molecule has 173 valence electrons. The lowest BCUT2D eigenvalue weighted by Crippen LogP contribution is -2.01. The highest BCUT2D eigenvalue weighted by Crippen LogP contribution is 2.35. The van der Waals surface area contributed by atoms with Crippen molar-refractivity contribution < 1.29 is 35.1 Å². The number of benzene rings is 4. The van der Waals surface area contributed by atoms with Gasteiger partial charge >= 0.3 is 0 Å². The van der Waals surface area contributed by atoms with Crippen LogP contribution in [0.15, 0.2) is 54.6 Å². The average molecular weight is 477 g/mol. The Morgan fingerprint density at radius 2 is 1.00 bits per heavy atom. The Hall–Kier alpha value is -3.68. The first-order valence-corrected chi connectivity index (χ1v) is 9.80. The molecule has 0 unspecified atom stereocenters. The summed E-state index contributed by atoms with van der Waals surface area (Å²) in [6.07, 6.45) is 1.56. The fraction of sp³-hybridized carbons (Fsp3) is 0.0385. The molecule has 0 aliphatic rings. The minimum atomic E-state index is -2.06. The summed E-state index contributed by atoms with van der Waals surface area (Å²) in [5, 5.41) is 0. The molecule has 0 fully saturated rings. The number of hydrogen-bond acceptors (Lipinski definition) is 0. The minimum absolute atomic E-state index is 0.232. The lowest BCUT2D eigenvalue weighted by atomic mass is 9.92. The van der Waals surface area contributed by atoms with Crippen LogP contribution in [0, 0.1) is 59.9 Å². The van der Waals surface area contributed by atoms with Crippen molar-refractivity contribution in [3.05, 3.63) is 124 Å². The molecule has 1 radical (unpaired) electrons. The van der Waals surface area contributed by atoms with Gasteiger partial charge in [0.25, 0.3) is 0 Å². The van der Waals surface area contributed by atoms with Gasteiger partial charge in [-0.3, -0.25) is 0 Å². The van der Waals surface area contributed by atoms with E-state index in [-0.39, 0.29) is 16.7 Å². The molecule has 0 atom stereocenters. The number of halogens is 8. The van der Waals surface area contributed by atoms with Crippen molar-refractivity contribution in [1.29, 1.82) is 0 Å². The van der Waals surface area contributed by atoms with E-state index in [4.69, 9.17) is 0 Å². The van der Waals surface area contributed by atoms with Crippen LogP contribution in [0.2, 0.25) is 0 Å². The van der Waals surface area contributed by atoms with Crippen molar-refractivity contribution >= 4 is 0 Å². The fourth-order valence-electron chi connectivity index (χ4n) is 3.54. The second-order valence-electron chi connectivity index (χ2n) is 7.54. The third-order valence-corrected chi connectivity index (χ3v) is 5.29. The fourth-order valence-corrected chi connectivity index (χ4v) is 3.54. The van der Waals surface area contributed by atoms with Crippen molar-refractivity contribution in [2.75, 3.05) is 0 Å².